The summed E-state index contributed by atoms with van der Waals surface area (Å²) in [5.74, 6) is 0.457. The number of nitrogens with zero attached hydrogens (tertiary/aromatic N) is 1. The van der Waals surface area contributed by atoms with Gasteiger partial charge in [-0.2, -0.15) is 0 Å². The van der Waals surface area contributed by atoms with Crippen molar-refractivity contribution in [3.8, 4) is 0 Å². The van der Waals surface area contributed by atoms with Crippen LogP contribution in [0, 0.1) is 0 Å². The van der Waals surface area contributed by atoms with Crippen molar-refractivity contribution in [2.24, 2.45) is 5.73 Å². The SMILES string of the molecule is CCN(CC)Cc1cccc(CNC(=O)c2coc(CN)c2)c1.Cl.Cl. The minimum atomic E-state index is -0.150. The summed E-state index contributed by atoms with van der Waals surface area (Å²) in [5, 5.41) is 2.91. The molecule has 0 bridgehead atoms. The van der Waals surface area contributed by atoms with E-state index in [1.54, 1.807) is 6.07 Å². The van der Waals surface area contributed by atoms with Crippen molar-refractivity contribution in [3.63, 3.8) is 0 Å². The summed E-state index contributed by atoms with van der Waals surface area (Å²) in [7, 11) is 0. The number of furan rings is 1. The molecule has 2 rings (SSSR count). The lowest BCUT2D eigenvalue weighted by atomic mass is 10.1. The van der Waals surface area contributed by atoms with Gasteiger partial charge in [-0.1, -0.05) is 38.1 Å². The molecule has 1 heterocycles. The van der Waals surface area contributed by atoms with E-state index in [-0.39, 0.29) is 30.7 Å². The first kappa shape index (κ1) is 23.5. The van der Waals surface area contributed by atoms with Crippen LogP contribution >= 0.6 is 24.8 Å². The lowest BCUT2D eigenvalue weighted by Gasteiger charge is -2.18. The minimum absolute atomic E-state index is 0. The van der Waals surface area contributed by atoms with Crippen molar-refractivity contribution in [3.05, 3.63) is 59.0 Å². The van der Waals surface area contributed by atoms with Gasteiger partial charge >= 0.3 is 0 Å². The van der Waals surface area contributed by atoms with Gasteiger partial charge in [0.1, 0.15) is 12.0 Å². The summed E-state index contributed by atoms with van der Waals surface area (Å²) in [4.78, 5) is 14.4. The number of carbonyl (C=O) groups is 1. The molecule has 0 aliphatic heterocycles. The third-order valence-electron chi connectivity index (χ3n) is 3.86. The number of hydrogen-bond acceptors (Lipinski definition) is 4. The highest BCUT2D eigenvalue weighted by Gasteiger charge is 2.09. The van der Waals surface area contributed by atoms with E-state index < -0.39 is 0 Å². The van der Waals surface area contributed by atoms with Crippen LogP contribution in [0.15, 0.2) is 41.0 Å². The third kappa shape index (κ3) is 7.08. The molecule has 0 aliphatic carbocycles. The molecule has 1 aromatic heterocycles. The zero-order valence-electron chi connectivity index (χ0n) is 14.7. The van der Waals surface area contributed by atoms with E-state index >= 15 is 0 Å². The molecule has 2 aromatic rings. The predicted molar refractivity (Wildman–Crippen MR) is 105 cm³/mol. The van der Waals surface area contributed by atoms with Crippen molar-refractivity contribution in [1.29, 1.82) is 0 Å². The average Bonchev–Trinajstić information content (AvgIpc) is 3.07. The molecule has 140 valence electrons. The first-order chi connectivity index (χ1) is 11.2. The largest absolute Gasteiger partial charge is 0.467 e. The van der Waals surface area contributed by atoms with Crippen molar-refractivity contribution >= 4 is 30.7 Å². The standard InChI is InChI=1S/C18H25N3O2.2ClH/c1-3-21(4-2)12-15-7-5-6-14(8-15)11-20-18(22)16-9-17(10-19)23-13-16;;/h5-9,13H,3-4,10-12,19H2,1-2H3,(H,20,22);2*1H. The molecule has 0 atom stereocenters. The van der Waals surface area contributed by atoms with Crippen molar-refractivity contribution < 1.29 is 9.21 Å². The second-order valence-electron chi connectivity index (χ2n) is 5.47. The fourth-order valence-corrected chi connectivity index (χ4v) is 2.43. The van der Waals surface area contributed by atoms with E-state index in [2.05, 4.69) is 36.2 Å². The Morgan fingerprint density at radius 2 is 1.84 bits per heavy atom. The Labute approximate surface area is 161 Å². The maximum Gasteiger partial charge on any atom is 0.254 e. The van der Waals surface area contributed by atoms with Crippen LogP contribution in [0.25, 0.3) is 0 Å². The summed E-state index contributed by atoms with van der Waals surface area (Å²) < 4.78 is 5.18. The first-order valence-electron chi connectivity index (χ1n) is 8.02. The average molecular weight is 388 g/mol. The van der Waals surface area contributed by atoms with Crippen LogP contribution in [0.3, 0.4) is 0 Å². The van der Waals surface area contributed by atoms with Crippen LogP contribution in [0.5, 0.6) is 0 Å². The van der Waals surface area contributed by atoms with Crippen LogP contribution in [-0.2, 0) is 19.6 Å². The quantitative estimate of drug-likeness (QED) is 0.728. The molecular formula is C18H27Cl2N3O2. The van der Waals surface area contributed by atoms with Gasteiger partial charge in [0, 0.05) is 13.1 Å². The molecule has 0 unspecified atom stereocenters. The number of nitrogens with two attached hydrogens (primary N) is 1. The molecule has 7 heteroatoms. The number of nitrogens with one attached hydrogen (secondary N) is 1. The lowest BCUT2D eigenvalue weighted by molar-refractivity contribution is 0.0950. The Hall–Kier alpha value is -1.53. The maximum absolute atomic E-state index is 12.1. The fourth-order valence-electron chi connectivity index (χ4n) is 2.43. The van der Waals surface area contributed by atoms with E-state index in [1.807, 2.05) is 12.1 Å². The Bertz CT molecular complexity index is 643. The lowest BCUT2D eigenvalue weighted by Crippen LogP contribution is -2.23. The molecule has 1 aromatic carbocycles. The highest BCUT2D eigenvalue weighted by molar-refractivity contribution is 5.93. The monoisotopic (exact) mass is 387 g/mol. The Morgan fingerprint density at radius 1 is 1.16 bits per heavy atom. The minimum Gasteiger partial charge on any atom is -0.467 e. The second kappa shape index (κ2) is 11.9. The molecule has 3 N–H and O–H groups in total. The Balaban J connectivity index is 0.00000288. The van der Waals surface area contributed by atoms with Crippen molar-refractivity contribution in [2.45, 2.75) is 33.5 Å². The number of rotatable bonds is 8. The van der Waals surface area contributed by atoms with Crippen LogP contribution in [0.1, 0.15) is 41.1 Å². The summed E-state index contributed by atoms with van der Waals surface area (Å²) >= 11 is 0. The fraction of sp³-hybridized carbons (Fsp3) is 0.389. The molecule has 0 aliphatic rings. The topological polar surface area (TPSA) is 71.5 Å². The second-order valence-corrected chi connectivity index (χ2v) is 5.47. The molecule has 0 radical (unpaired) electrons. The molecular weight excluding hydrogens is 361 g/mol. The van der Waals surface area contributed by atoms with E-state index in [1.165, 1.54) is 11.8 Å². The first-order valence-corrected chi connectivity index (χ1v) is 8.02. The summed E-state index contributed by atoms with van der Waals surface area (Å²) in [5.41, 5.74) is 8.33. The molecule has 1 amide bonds. The van der Waals surface area contributed by atoms with Gasteiger partial charge in [-0.3, -0.25) is 9.69 Å². The van der Waals surface area contributed by atoms with Crippen molar-refractivity contribution in [2.75, 3.05) is 13.1 Å². The Kier molecular flexibility index (Phi) is 11.2. The predicted octanol–water partition coefficient (Wildman–Crippen LogP) is 3.35. The van der Waals surface area contributed by atoms with E-state index in [9.17, 15) is 4.79 Å². The van der Waals surface area contributed by atoms with E-state index in [0.717, 1.165) is 25.2 Å². The summed E-state index contributed by atoms with van der Waals surface area (Å²) in [6.07, 6.45) is 1.44. The van der Waals surface area contributed by atoms with E-state index in [4.69, 9.17) is 10.2 Å². The number of halogens is 2. The third-order valence-corrected chi connectivity index (χ3v) is 3.86. The zero-order chi connectivity index (χ0) is 16.7. The normalized spacial score (nSPS) is 10.1. The molecule has 25 heavy (non-hydrogen) atoms. The number of hydrogen-bond donors (Lipinski definition) is 2. The number of amides is 1. The van der Waals surface area contributed by atoms with Gasteiger partial charge in [0.15, 0.2) is 0 Å². The maximum atomic E-state index is 12.1. The zero-order valence-corrected chi connectivity index (χ0v) is 16.3. The number of carbonyl (C=O) groups excluding carboxylic acids is 1. The van der Waals surface area contributed by atoms with Gasteiger partial charge in [-0.05, 0) is 30.3 Å². The van der Waals surface area contributed by atoms with Gasteiger partial charge in [0.2, 0.25) is 0 Å². The van der Waals surface area contributed by atoms with E-state index in [0.29, 0.717) is 24.4 Å². The molecule has 0 spiro atoms. The smallest absolute Gasteiger partial charge is 0.254 e. The van der Waals surface area contributed by atoms with Gasteiger partial charge in [0.25, 0.3) is 5.91 Å². The van der Waals surface area contributed by atoms with Crippen LogP contribution in [-0.4, -0.2) is 23.9 Å². The van der Waals surface area contributed by atoms with Gasteiger partial charge in [0.05, 0.1) is 12.1 Å². The van der Waals surface area contributed by atoms with Gasteiger partial charge in [-0.25, -0.2) is 0 Å². The van der Waals surface area contributed by atoms with Crippen LogP contribution in [0.2, 0.25) is 0 Å². The summed E-state index contributed by atoms with van der Waals surface area (Å²) in [6, 6.07) is 9.98. The van der Waals surface area contributed by atoms with Crippen LogP contribution < -0.4 is 11.1 Å². The van der Waals surface area contributed by atoms with Crippen molar-refractivity contribution in [1.82, 2.24) is 10.2 Å². The molecule has 5 nitrogen and oxygen atoms in total. The highest BCUT2D eigenvalue weighted by atomic mass is 35.5. The molecule has 0 fully saturated rings. The van der Waals surface area contributed by atoms with Gasteiger partial charge < -0.3 is 15.5 Å². The number of benzene rings is 1. The highest BCUT2D eigenvalue weighted by Crippen LogP contribution is 2.10. The Morgan fingerprint density at radius 3 is 2.44 bits per heavy atom. The van der Waals surface area contributed by atoms with Crippen LogP contribution in [0.4, 0.5) is 0 Å². The van der Waals surface area contributed by atoms with Gasteiger partial charge in [-0.15, -0.1) is 24.8 Å². The molecule has 0 saturated carbocycles. The summed E-state index contributed by atoms with van der Waals surface area (Å²) in [6.45, 7) is 8.09. The molecule has 0 saturated heterocycles.